The summed E-state index contributed by atoms with van der Waals surface area (Å²) in [5, 5.41) is 0. The molecule has 1 heterocycles. The molecule has 2 aliphatic rings. The molecule has 0 spiro atoms. The molecule has 4 atom stereocenters. The third kappa shape index (κ3) is 2.33. The fourth-order valence-corrected chi connectivity index (χ4v) is 4.85. The zero-order valence-corrected chi connectivity index (χ0v) is 15.4. The standard InChI is InChI=1S/C22H26O3/c1-15-6-5-7-16(12-15)20(24-4)22-13-18(22)14-25-21(22,2)17-8-10-19(23-3)11-9-17/h5-12,18,20H,13-14H2,1-4H3/t18-,20-,21-,22-/m1/s1. The maximum atomic E-state index is 6.38. The van der Waals surface area contributed by atoms with Gasteiger partial charge in [-0.25, -0.2) is 0 Å². The van der Waals surface area contributed by atoms with Gasteiger partial charge in [0.05, 0.1) is 25.4 Å². The van der Waals surface area contributed by atoms with Crippen molar-refractivity contribution in [3.05, 3.63) is 65.2 Å². The number of hydrogen-bond acceptors (Lipinski definition) is 3. The molecule has 0 N–H and O–H groups in total. The molecule has 1 aliphatic heterocycles. The van der Waals surface area contributed by atoms with Crippen LogP contribution in [0.25, 0.3) is 0 Å². The van der Waals surface area contributed by atoms with Crippen molar-refractivity contribution in [2.75, 3.05) is 20.8 Å². The molecule has 0 bridgehead atoms. The van der Waals surface area contributed by atoms with Gasteiger partial charge in [-0.05, 0) is 49.4 Å². The van der Waals surface area contributed by atoms with E-state index in [4.69, 9.17) is 14.2 Å². The molecule has 4 rings (SSSR count). The number of methoxy groups -OCH3 is 2. The molecule has 1 saturated carbocycles. The number of fused-ring (bicyclic) bond motifs is 1. The lowest BCUT2D eigenvalue weighted by Gasteiger charge is -2.39. The maximum absolute atomic E-state index is 6.38. The Morgan fingerprint density at radius 3 is 2.48 bits per heavy atom. The molecule has 0 aromatic heterocycles. The topological polar surface area (TPSA) is 27.7 Å². The van der Waals surface area contributed by atoms with Crippen LogP contribution in [0.5, 0.6) is 5.75 Å². The third-order valence-electron chi connectivity index (χ3n) is 6.30. The second kappa shape index (κ2) is 5.86. The minimum absolute atomic E-state index is 0.00979. The van der Waals surface area contributed by atoms with Crippen molar-refractivity contribution in [1.29, 1.82) is 0 Å². The first-order valence-corrected chi connectivity index (χ1v) is 8.93. The lowest BCUT2D eigenvalue weighted by atomic mass is 9.74. The van der Waals surface area contributed by atoms with Crippen LogP contribution in [0.4, 0.5) is 0 Å². The predicted molar refractivity (Wildman–Crippen MR) is 97.8 cm³/mol. The lowest BCUT2D eigenvalue weighted by molar-refractivity contribution is -0.0976. The average Bonchev–Trinajstić information content (AvgIpc) is 3.29. The fraction of sp³-hybridized carbons (Fsp3) is 0.455. The minimum atomic E-state index is -0.353. The van der Waals surface area contributed by atoms with Gasteiger partial charge in [0.15, 0.2) is 0 Å². The number of ether oxygens (including phenoxy) is 3. The van der Waals surface area contributed by atoms with E-state index in [9.17, 15) is 0 Å². The van der Waals surface area contributed by atoms with Gasteiger partial charge in [-0.1, -0.05) is 42.0 Å². The molecule has 0 amide bonds. The van der Waals surface area contributed by atoms with Gasteiger partial charge in [-0.15, -0.1) is 0 Å². The Kier molecular flexibility index (Phi) is 3.89. The molecule has 2 aromatic rings. The van der Waals surface area contributed by atoms with E-state index >= 15 is 0 Å². The summed E-state index contributed by atoms with van der Waals surface area (Å²) in [6, 6.07) is 17.0. The molecular weight excluding hydrogens is 312 g/mol. The molecular formula is C22H26O3. The van der Waals surface area contributed by atoms with Crippen LogP contribution in [0, 0.1) is 18.3 Å². The Hall–Kier alpha value is -1.84. The zero-order chi connectivity index (χ0) is 17.7. The molecule has 2 aromatic carbocycles. The number of benzene rings is 2. The van der Waals surface area contributed by atoms with Gasteiger partial charge in [0.2, 0.25) is 0 Å². The summed E-state index contributed by atoms with van der Waals surface area (Å²) in [6.07, 6.45) is 1.18. The molecule has 1 aliphatic carbocycles. The van der Waals surface area contributed by atoms with Crippen molar-refractivity contribution >= 4 is 0 Å². The highest BCUT2D eigenvalue weighted by atomic mass is 16.5. The minimum Gasteiger partial charge on any atom is -0.497 e. The highest BCUT2D eigenvalue weighted by molar-refractivity contribution is 5.39. The lowest BCUT2D eigenvalue weighted by Crippen LogP contribution is -2.38. The molecule has 0 unspecified atom stereocenters. The van der Waals surface area contributed by atoms with Crippen LogP contribution in [0.15, 0.2) is 48.5 Å². The molecule has 3 heteroatoms. The van der Waals surface area contributed by atoms with Gasteiger partial charge in [0, 0.05) is 12.5 Å². The number of rotatable bonds is 5. The summed E-state index contributed by atoms with van der Waals surface area (Å²) in [4.78, 5) is 0. The maximum Gasteiger partial charge on any atom is 0.118 e. The zero-order valence-electron chi connectivity index (χ0n) is 15.4. The first-order chi connectivity index (χ1) is 12.0. The quantitative estimate of drug-likeness (QED) is 0.795. The van der Waals surface area contributed by atoms with Crippen molar-refractivity contribution < 1.29 is 14.2 Å². The van der Waals surface area contributed by atoms with Gasteiger partial charge in [-0.3, -0.25) is 0 Å². The van der Waals surface area contributed by atoms with Crippen LogP contribution < -0.4 is 4.74 Å². The first kappa shape index (κ1) is 16.6. The normalized spacial score (nSPS) is 31.4. The second-order valence-electron chi connectivity index (χ2n) is 7.54. The van der Waals surface area contributed by atoms with Gasteiger partial charge in [0.25, 0.3) is 0 Å². The van der Waals surface area contributed by atoms with Crippen LogP contribution in [-0.4, -0.2) is 20.8 Å². The van der Waals surface area contributed by atoms with Crippen LogP contribution in [0.2, 0.25) is 0 Å². The summed E-state index contributed by atoms with van der Waals surface area (Å²) < 4.78 is 17.8. The molecule has 132 valence electrons. The molecule has 3 nitrogen and oxygen atoms in total. The van der Waals surface area contributed by atoms with E-state index in [1.54, 1.807) is 7.11 Å². The van der Waals surface area contributed by atoms with E-state index in [2.05, 4.69) is 50.2 Å². The molecule has 0 radical (unpaired) electrons. The van der Waals surface area contributed by atoms with Gasteiger partial charge in [-0.2, -0.15) is 0 Å². The third-order valence-corrected chi connectivity index (χ3v) is 6.30. The van der Waals surface area contributed by atoms with Crippen LogP contribution in [-0.2, 0) is 15.1 Å². The van der Waals surface area contributed by atoms with E-state index in [0.29, 0.717) is 5.92 Å². The highest BCUT2D eigenvalue weighted by Gasteiger charge is 2.74. The average molecular weight is 338 g/mol. The number of hydrogen-bond donors (Lipinski definition) is 0. The Balaban J connectivity index is 1.76. The van der Waals surface area contributed by atoms with Crippen molar-refractivity contribution in [3.63, 3.8) is 0 Å². The van der Waals surface area contributed by atoms with E-state index in [0.717, 1.165) is 18.8 Å². The van der Waals surface area contributed by atoms with E-state index in [-0.39, 0.29) is 17.1 Å². The van der Waals surface area contributed by atoms with Crippen LogP contribution in [0.3, 0.4) is 0 Å². The summed E-state index contributed by atoms with van der Waals surface area (Å²) in [7, 11) is 3.52. The fourth-order valence-electron chi connectivity index (χ4n) is 4.85. The van der Waals surface area contributed by atoms with Crippen molar-refractivity contribution in [2.24, 2.45) is 11.3 Å². The first-order valence-electron chi connectivity index (χ1n) is 8.93. The molecule has 25 heavy (non-hydrogen) atoms. The van der Waals surface area contributed by atoms with Gasteiger partial charge >= 0.3 is 0 Å². The number of aryl methyl sites for hydroxylation is 1. The summed E-state index contributed by atoms with van der Waals surface area (Å²) in [6.45, 7) is 5.16. The summed E-state index contributed by atoms with van der Waals surface area (Å²) in [5.74, 6) is 1.42. The molecule has 1 saturated heterocycles. The van der Waals surface area contributed by atoms with Crippen molar-refractivity contribution in [3.8, 4) is 5.75 Å². The SMILES string of the molecule is COc1ccc([C@@]2(C)OC[C@H]3C[C@]32[C@H](OC)c2cccc(C)c2)cc1. The van der Waals surface area contributed by atoms with E-state index in [1.165, 1.54) is 16.7 Å². The monoisotopic (exact) mass is 338 g/mol. The Morgan fingerprint density at radius 1 is 1.12 bits per heavy atom. The van der Waals surface area contributed by atoms with Crippen molar-refractivity contribution in [2.45, 2.75) is 32.0 Å². The van der Waals surface area contributed by atoms with Crippen LogP contribution in [0.1, 0.15) is 36.1 Å². The highest BCUT2D eigenvalue weighted by Crippen LogP contribution is 2.74. The Morgan fingerprint density at radius 2 is 1.88 bits per heavy atom. The smallest absolute Gasteiger partial charge is 0.118 e. The van der Waals surface area contributed by atoms with E-state index < -0.39 is 0 Å². The second-order valence-corrected chi connectivity index (χ2v) is 7.54. The van der Waals surface area contributed by atoms with Crippen LogP contribution >= 0.6 is 0 Å². The Labute approximate surface area is 149 Å². The largest absolute Gasteiger partial charge is 0.497 e. The van der Waals surface area contributed by atoms with Crippen molar-refractivity contribution in [1.82, 2.24) is 0 Å². The van der Waals surface area contributed by atoms with Gasteiger partial charge in [0.1, 0.15) is 5.75 Å². The van der Waals surface area contributed by atoms with Gasteiger partial charge < -0.3 is 14.2 Å². The summed E-state index contributed by atoms with van der Waals surface area (Å²) in [5.41, 5.74) is 3.34. The summed E-state index contributed by atoms with van der Waals surface area (Å²) >= 11 is 0. The Bertz CT molecular complexity index is 769. The molecule has 2 fully saturated rings. The van der Waals surface area contributed by atoms with E-state index in [1.807, 2.05) is 19.2 Å². The predicted octanol–water partition coefficient (Wildman–Crippen LogP) is 4.64.